The van der Waals surface area contributed by atoms with E-state index in [4.69, 9.17) is 0 Å². The molecule has 1 radical (unpaired) electrons. The minimum Gasteiger partial charge on any atom is -0.478 e. The summed E-state index contributed by atoms with van der Waals surface area (Å²) >= 11 is 0. The zero-order valence-electron chi connectivity index (χ0n) is 12.6. The summed E-state index contributed by atoms with van der Waals surface area (Å²) in [5.74, 6) is -1.39. The van der Waals surface area contributed by atoms with E-state index in [1.54, 1.807) is 0 Å². The van der Waals surface area contributed by atoms with Crippen LogP contribution in [-0.2, 0) is 4.79 Å². The molecule has 1 N–H and O–H groups in total. The first-order valence-electron chi connectivity index (χ1n) is 7.46. The maximum absolute atomic E-state index is 11.6. The van der Waals surface area contributed by atoms with Crippen LogP contribution in [0.5, 0.6) is 0 Å². The molecular formula is C20H12NO3. The third-order valence-corrected chi connectivity index (χ3v) is 4.15. The van der Waals surface area contributed by atoms with Gasteiger partial charge in [0.25, 0.3) is 5.91 Å². The molecule has 4 nitrogen and oxygen atoms in total. The zero-order chi connectivity index (χ0) is 16.7. The van der Waals surface area contributed by atoms with Gasteiger partial charge in [-0.15, -0.1) is 0 Å². The molecule has 0 fully saturated rings. The molecule has 1 amide bonds. The van der Waals surface area contributed by atoms with E-state index in [1.165, 1.54) is 18.3 Å². The molecule has 3 aromatic carbocycles. The van der Waals surface area contributed by atoms with Crippen molar-refractivity contribution >= 4 is 34.9 Å². The highest BCUT2D eigenvalue weighted by atomic mass is 16.4. The smallest absolute Gasteiger partial charge is 0.336 e. The van der Waals surface area contributed by atoms with Crippen molar-refractivity contribution in [1.29, 1.82) is 0 Å². The summed E-state index contributed by atoms with van der Waals surface area (Å²) in [5.41, 5.74) is 2.21. The van der Waals surface area contributed by atoms with E-state index in [1.807, 2.05) is 48.5 Å². The number of hydrogen-bond donors (Lipinski definition) is 1. The summed E-state index contributed by atoms with van der Waals surface area (Å²) in [5, 5.41) is 16.1. The number of carboxylic acid groups (broad SMARTS) is 1. The zero-order valence-corrected chi connectivity index (χ0v) is 12.6. The van der Waals surface area contributed by atoms with Gasteiger partial charge in [0.1, 0.15) is 0 Å². The van der Waals surface area contributed by atoms with Gasteiger partial charge in [0.2, 0.25) is 0 Å². The van der Waals surface area contributed by atoms with Crippen molar-refractivity contribution in [3.63, 3.8) is 0 Å². The topological polar surface area (TPSA) is 68.5 Å². The molecule has 115 valence electrons. The Labute approximate surface area is 137 Å². The third kappa shape index (κ3) is 2.25. The fourth-order valence-corrected chi connectivity index (χ4v) is 3.02. The van der Waals surface area contributed by atoms with Gasteiger partial charge in [0.05, 0.1) is 5.56 Å². The van der Waals surface area contributed by atoms with Gasteiger partial charge in [0, 0.05) is 17.5 Å². The number of amides is 1. The van der Waals surface area contributed by atoms with Crippen LogP contribution in [0.3, 0.4) is 0 Å². The Morgan fingerprint density at radius 1 is 0.917 bits per heavy atom. The molecule has 1 aliphatic heterocycles. The quantitative estimate of drug-likeness (QED) is 0.785. The van der Waals surface area contributed by atoms with E-state index in [9.17, 15) is 14.7 Å². The van der Waals surface area contributed by atoms with Gasteiger partial charge in [-0.3, -0.25) is 4.79 Å². The van der Waals surface area contributed by atoms with Crippen LogP contribution >= 0.6 is 0 Å². The van der Waals surface area contributed by atoms with Crippen molar-refractivity contribution in [1.82, 2.24) is 5.32 Å². The van der Waals surface area contributed by atoms with E-state index >= 15 is 0 Å². The van der Waals surface area contributed by atoms with Crippen molar-refractivity contribution in [2.45, 2.75) is 0 Å². The lowest BCUT2D eigenvalue weighted by atomic mass is 9.95. The van der Waals surface area contributed by atoms with Gasteiger partial charge in [-0.2, -0.15) is 0 Å². The molecule has 3 aromatic rings. The highest BCUT2D eigenvalue weighted by molar-refractivity contribution is 6.10. The number of carbonyl (C=O) groups excluding carboxylic acids is 1. The first-order valence-corrected chi connectivity index (χ1v) is 7.46. The Morgan fingerprint density at radius 2 is 1.71 bits per heavy atom. The second-order valence-electron chi connectivity index (χ2n) is 5.60. The predicted molar refractivity (Wildman–Crippen MR) is 91.7 cm³/mol. The molecule has 0 saturated heterocycles. The Morgan fingerprint density at radius 3 is 2.46 bits per heavy atom. The molecule has 0 saturated carbocycles. The van der Waals surface area contributed by atoms with E-state index in [-0.39, 0.29) is 11.5 Å². The summed E-state index contributed by atoms with van der Waals surface area (Å²) in [4.78, 5) is 23.1. The lowest BCUT2D eigenvalue weighted by Crippen LogP contribution is -2.34. The SMILES string of the molecule is O=C1C=c2cc(C(=O)O)c3ccc(-c4ccccc4)cc3c2=C[N]1. The molecule has 0 aromatic heterocycles. The van der Waals surface area contributed by atoms with Crippen LogP contribution in [-0.4, -0.2) is 17.0 Å². The number of nitrogens with zero attached hydrogens (tertiary/aromatic N) is 1. The minimum absolute atomic E-state index is 0.183. The fraction of sp³-hybridized carbons (Fsp3) is 0. The van der Waals surface area contributed by atoms with Gasteiger partial charge in [-0.1, -0.05) is 42.5 Å². The number of fused-ring (bicyclic) bond motifs is 3. The molecular weight excluding hydrogens is 302 g/mol. The van der Waals surface area contributed by atoms with Crippen LogP contribution in [0.4, 0.5) is 0 Å². The Hall–Kier alpha value is -3.40. The largest absolute Gasteiger partial charge is 0.478 e. The van der Waals surface area contributed by atoms with Crippen LogP contribution < -0.4 is 15.8 Å². The summed E-state index contributed by atoms with van der Waals surface area (Å²) < 4.78 is 0. The standard InChI is InChI=1S/C20H12NO3/c22-19-10-14-9-17(20(23)24)15-7-6-13(12-4-2-1-3-5-12)8-16(15)18(14)11-21-19/h1-11H,(H,23,24). The molecule has 0 atom stereocenters. The molecule has 24 heavy (non-hydrogen) atoms. The second kappa shape index (κ2) is 5.35. The van der Waals surface area contributed by atoms with Crippen LogP contribution in [0.25, 0.3) is 34.2 Å². The maximum Gasteiger partial charge on any atom is 0.336 e. The number of hydrogen-bond acceptors (Lipinski definition) is 2. The summed E-state index contributed by atoms with van der Waals surface area (Å²) in [6.45, 7) is 0. The molecule has 1 aliphatic rings. The third-order valence-electron chi connectivity index (χ3n) is 4.15. The van der Waals surface area contributed by atoms with Gasteiger partial charge < -0.3 is 5.11 Å². The monoisotopic (exact) mass is 314 g/mol. The Bertz CT molecular complexity index is 1120. The summed E-state index contributed by atoms with van der Waals surface area (Å²) in [7, 11) is 0. The van der Waals surface area contributed by atoms with E-state index in [2.05, 4.69) is 5.32 Å². The van der Waals surface area contributed by atoms with Crippen molar-refractivity contribution in [2.75, 3.05) is 0 Å². The van der Waals surface area contributed by atoms with Crippen LogP contribution in [0.15, 0.2) is 54.6 Å². The Kier molecular flexibility index (Phi) is 3.17. The normalized spacial score (nSPS) is 12.8. The molecule has 0 aliphatic carbocycles. The summed E-state index contributed by atoms with van der Waals surface area (Å²) in [6, 6.07) is 17.1. The first kappa shape index (κ1) is 14.2. The fourth-order valence-electron chi connectivity index (χ4n) is 3.02. The first-order chi connectivity index (χ1) is 11.6. The van der Waals surface area contributed by atoms with Crippen LogP contribution in [0.1, 0.15) is 10.4 Å². The van der Waals surface area contributed by atoms with E-state index in [0.29, 0.717) is 10.6 Å². The van der Waals surface area contributed by atoms with Crippen LogP contribution in [0.2, 0.25) is 0 Å². The number of aromatic carboxylic acids is 1. The van der Waals surface area contributed by atoms with Crippen LogP contribution in [0, 0.1) is 0 Å². The lowest BCUT2D eigenvalue weighted by molar-refractivity contribution is -0.114. The van der Waals surface area contributed by atoms with Gasteiger partial charge >= 0.3 is 5.97 Å². The number of benzene rings is 3. The van der Waals surface area contributed by atoms with E-state index in [0.717, 1.165) is 21.7 Å². The van der Waals surface area contributed by atoms with Crippen molar-refractivity contribution in [2.24, 2.45) is 0 Å². The molecule has 0 spiro atoms. The molecule has 0 unspecified atom stereocenters. The molecule has 1 heterocycles. The second-order valence-corrected chi connectivity index (χ2v) is 5.60. The van der Waals surface area contributed by atoms with E-state index < -0.39 is 5.97 Å². The average Bonchev–Trinajstić information content (AvgIpc) is 2.60. The molecule has 4 heteroatoms. The average molecular weight is 314 g/mol. The van der Waals surface area contributed by atoms with Gasteiger partial charge in [0.15, 0.2) is 0 Å². The Balaban J connectivity index is 2.11. The van der Waals surface area contributed by atoms with Gasteiger partial charge in [-0.25, -0.2) is 10.1 Å². The highest BCUT2D eigenvalue weighted by Crippen LogP contribution is 2.24. The number of carbonyl (C=O) groups is 2. The van der Waals surface area contributed by atoms with Crippen molar-refractivity contribution < 1.29 is 14.7 Å². The van der Waals surface area contributed by atoms with Crippen molar-refractivity contribution in [3.05, 3.63) is 70.6 Å². The molecule has 0 bridgehead atoms. The lowest BCUT2D eigenvalue weighted by Gasteiger charge is -2.10. The number of carboxylic acids is 1. The predicted octanol–water partition coefficient (Wildman–Crippen LogP) is 1.87. The number of rotatable bonds is 2. The van der Waals surface area contributed by atoms with Crippen molar-refractivity contribution in [3.8, 4) is 11.1 Å². The summed E-state index contributed by atoms with van der Waals surface area (Å²) in [6.07, 6.45) is 2.89. The van der Waals surface area contributed by atoms with Gasteiger partial charge in [-0.05, 0) is 39.3 Å². The minimum atomic E-state index is -1.02. The highest BCUT2D eigenvalue weighted by Gasteiger charge is 2.14. The molecule has 4 rings (SSSR count). The maximum atomic E-state index is 11.6.